The number of benzene rings is 10. The van der Waals surface area contributed by atoms with E-state index in [1.54, 1.807) is 73.3 Å². The number of imidazole rings is 6. The smallest absolute Gasteiger partial charge is 0.354 e. The number of carboxylic acids is 2. The van der Waals surface area contributed by atoms with Gasteiger partial charge in [-0.1, -0.05) is 178 Å². The number of hydrogen-bond acceptors (Lipinski definition) is 10. The number of carbonyl (C=O) groups is 2. The molecule has 0 saturated carbocycles. The Hall–Kier alpha value is -11.5. The summed E-state index contributed by atoms with van der Waals surface area (Å²) in [6.45, 7) is 0. The number of nitrogens with zero attached hydrogens (tertiary/aromatic N) is 14. The molecule has 10 aromatic carbocycles. The Bertz CT molecular complexity index is 5880. The molecule has 0 aliphatic carbocycles. The fourth-order valence-electron chi connectivity index (χ4n) is 11.4. The molecule has 0 amide bonds. The fourth-order valence-corrected chi connectivity index (χ4v) is 11.4. The molecule has 8 aromatic heterocycles. The molecule has 8 heterocycles. The van der Waals surface area contributed by atoms with Gasteiger partial charge in [0.15, 0.2) is 0 Å². The van der Waals surface area contributed by atoms with Crippen LogP contribution in [0.3, 0.4) is 0 Å². The molecular weight excluding hydrogens is 2600 g/mol. The van der Waals surface area contributed by atoms with E-state index < -0.39 is 23.6 Å². The van der Waals surface area contributed by atoms with Gasteiger partial charge in [0.2, 0.25) is 0 Å². The molecule has 0 bridgehead atoms. The number of pyridine rings is 2. The minimum absolute atomic E-state index is 0. The van der Waals surface area contributed by atoms with E-state index in [1.165, 1.54) is 57.9 Å². The van der Waals surface area contributed by atoms with Crippen molar-refractivity contribution in [3.63, 3.8) is 0 Å². The Morgan fingerprint density at radius 1 is 0.320 bits per heavy atom. The van der Waals surface area contributed by atoms with Gasteiger partial charge in [-0.15, -0.1) is 173 Å². The van der Waals surface area contributed by atoms with Crippen LogP contribution in [0.1, 0.15) is 21.0 Å². The zero-order valence-electron chi connectivity index (χ0n) is 66.2. The van der Waals surface area contributed by atoms with Crippen molar-refractivity contribution in [2.24, 2.45) is 42.3 Å². The van der Waals surface area contributed by atoms with E-state index in [9.17, 15) is 18.4 Å². The van der Waals surface area contributed by atoms with Crippen molar-refractivity contribution in [2.75, 3.05) is 0 Å². The largest absolute Gasteiger partial charge is 0.477 e. The molecule has 6 radical (unpaired) electrons. The summed E-state index contributed by atoms with van der Waals surface area (Å²) in [6, 6.07) is 104. The van der Waals surface area contributed by atoms with Gasteiger partial charge in [-0.25, -0.2) is 19.6 Å². The summed E-state index contributed by atoms with van der Waals surface area (Å²) in [5, 5.41) is 16.6. The Kier molecular flexibility index (Phi) is 43.6. The van der Waals surface area contributed by atoms with E-state index in [2.05, 4.69) is 161 Å². The molecule has 630 valence electrons. The van der Waals surface area contributed by atoms with E-state index in [0.717, 1.165) is 80.1 Å². The Balaban J connectivity index is 0.000000249. The fraction of sp³-hybridized carbons (Fsp3) is 0.0625. The van der Waals surface area contributed by atoms with Crippen LogP contribution in [0.25, 0.3) is 113 Å². The van der Waals surface area contributed by atoms with Crippen LogP contribution in [0, 0.1) is 48.0 Å². The van der Waals surface area contributed by atoms with Crippen molar-refractivity contribution >= 4 is 11.9 Å². The van der Waals surface area contributed by atoms with Crippen molar-refractivity contribution in [3.05, 3.63) is 413 Å². The van der Waals surface area contributed by atoms with Gasteiger partial charge < -0.3 is 37.6 Å². The van der Waals surface area contributed by atoms with Crippen molar-refractivity contribution in [2.45, 2.75) is 0 Å². The van der Waals surface area contributed by atoms with Crippen LogP contribution in [0.15, 0.2) is 354 Å². The van der Waals surface area contributed by atoms with E-state index in [1.807, 2.05) is 229 Å². The number of aromatic nitrogens is 14. The molecule has 0 aliphatic rings. The Morgan fingerprint density at radius 2 is 0.770 bits per heavy atom. The third-order valence-electron chi connectivity index (χ3n) is 17.2. The van der Waals surface area contributed by atoms with Crippen LogP contribution >= 0.6 is 0 Å². The average molecular weight is 2680 g/mol. The molecular formula is C96H78F2Ir6N14O4-6. The summed E-state index contributed by atoms with van der Waals surface area (Å²) in [5.74, 6) is 0.488. The maximum absolute atomic E-state index is 13.2. The quantitative estimate of drug-likeness (QED) is 0.110. The summed E-state index contributed by atoms with van der Waals surface area (Å²) in [5.41, 5.74) is 16.3. The van der Waals surface area contributed by atoms with Crippen LogP contribution in [0.5, 0.6) is 0 Å². The van der Waals surface area contributed by atoms with Gasteiger partial charge in [-0.05, 0) is 42.2 Å². The molecule has 0 atom stereocenters. The number of carboxylic acid groups (broad SMARTS) is 2. The number of halogens is 2. The normalized spacial score (nSPS) is 9.70. The predicted molar refractivity (Wildman–Crippen MR) is 449 cm³/mol. The Labute approximate surface area is 789 Å². The third-order valence-corrected chi connectivity index (χ3v) is 17.2. The second-order valence-electron chi connectivity index (χ2n) is 25.5. The van der Waals surface area contributed by atoms with Crippen LogP contribution in [0.4, 0.5) is 8.78 Å². The van der Waals surface area contributed by atoms with E-state index in [4.69, 9.17) is 10.2 Å². The summed E-state index contributed by atoms with van der Waals surface area (Å²) in [7, 11) is 11.7. The van der Waals surface area contributed by atoms with E-state index >= 15 is 0 Å². The van der Waals surface area contributed by atoms with Gasteiger partial charge in [-0.2, -0.15) is 0 Å². The molecule has 18 rings (SSSR count). The monoisotopic (exact) mass is 2690 g/mol. The molecule has 0 aliphatic heterocycles. The average Bonchev–Trinajstić information content (AvgIpc) is 1.60. The second-order valence-corrected chi connectivity index (χ2v) is 25.5. The first-order valence-electron chi connectivity index (χ1n) is 36.3. The first-order valence-corrected chi connectivity index (χ1v) is 36.3. The van der Waals surface area contributed by atoms with Crippen molar-refractivity contribution in [1.82, 2.24) is 67.3 Å². The number of aromatic carboxylic acids is 2. The number of rotatable bonds is 12. The molecule has 18 nitrogen and oxygen atoms in total. The van der Waals surface area contributed by atoms with Gasteiger partial charge in [0.25, 0.3) is 0 Å². The van der Waals surface area contributed by atoms with Crippen molar-refractivity contribution < 1.29 is 149 Å². The standard InChI is InChI=1S/4C16H13N2.C10H7F2N2.C10H9N2.2C6H5NO2.6Ir/c1-18-12-11-17-16(18)15-10-6-5-9-14(15)13-7-3-2-4-8-13;2*1-18-11-10-17-16(18)15-9-5-8-14(12-15)13-6-3-2-4-7-13;1-18-12-11-17-16(18)15-9-7-14(8-10-15)13-5-3-2-4-6-13;1-14-5-10(13-6-14)8-3-2-7(11)4-9(8)12;1-12-7-10(11-8-12)9-5-3-2-4-6-9;2*8-6(9)5-3-1-2-4-7-5;;;;;;/h2-9,11-12H,1H3;2-8,10-12H,1H3;2-11H,1H3;2-9,11-12H,1H3;2,4-6H,1H3;2-5,7-8H,1H3;2*1-4H,(H,8,9);;;;;;/q6*-1;;;;;;;;. The van der Waals surface area contributed by atoms with Gasteiger partial charge in [-0.3, -0.25) is 38.7 Å². The molecule has 122 heavy (non-hydrogen) atoms. The zero-order chi connectivity index (χ0) is 81.4. The van der Waals surface area contributed by atoms with Gasteiger partial charge in [0, 0.05) is 248 Å². The van der Waals surface area contributed by atoms with Gasteiger partial charge in [0.1, 0.15) is 11.4 Å². The summed E-state index contributed by atoms with van der Waals surface area (Å²) in [6.07, 6.45) is 24.8. The van der Waals surface area contributed by atoms with Crippen LogP contribution in [0.2, 0.25) is 0 Å². The summed E-state index contributed by atoms with van der Waals surface area (Å²) < 4.78 is 37.4. The zero-order valence-corrected chi connectivity index (χ0v) is 80.6. The first-order chi connectivity index (χ1) is 56.5. The molecule has 0 unspecified atom stereocenters. The maximum Gasteiger partial charge on any atom is 0.354 e. The summed E-state index contributed by atoms with van der Waals surface area (Å²) in [4.78, 5) is 53.0. The molecule has 26 heteroatoms. The minimum Gasteiger partial charge on any atom is -0.477 e. The topological polar surface area (TPSA) is 207 Å². The molecule has 0 saturated heterocycles. The van der Waals surface area contributed by atoms with Gasteiger partial charge in [0.05, 0.1) is 36.0 Å². The van der Waals surface area contributed by atoms with Crippen molar-refractivity contribution in [3.8, 4) is 113 Å². The minimum atomic E-state index is -0.990. The summed E-state index contributed by atoms with van der Waals surface area (Å²) >= 11 is 0. The SMILES string of the molecule is Cn1ccnc1-c1[c-]c(-c2ccccc2)ccc1.Cn1ccnc1-c1[c-]cc(-c2ccccc2)cc1.Cn1ccnc1-c1[c-]ccc(-c2ccccc2)c1.Cn1ccnc1-c1[c-]cccc1-c1ccccc1.Cn1cnc(-c2[c-]cc(F)cc2F)c1.Cn1cnc(-c2[c-]cccc2)c1.O=C(O)c1ccccn1.O=C(O)c1ccccn1.[Ir].[Ir].[Ir].[Ir].[Ir].[Ir]. The second kappa shape index (κ2) is 52.6. The first kappa shape index (κ1) is 101. The number of aryl methyl sites for hydroxylation is 6. The Morgan fingerprint density at radius 3 is 1.22 bits per heavy atom. The van der Waals surface area contributed by atoms with Crippen LogP contribution in [-0.4, -0.2) is 89.4 Å². The van der Waals surface area contributed by atoms with E-state index in [-0.39, 0.29) is 138 Å². The maximum atomic E-state index is 13.2. The molecule has 0 fully saturated rings. The van der Waals surface area contributed by atoms with E-state index in [0.29, 0.717) is 5.69 Å². The van der Waals surface area contributed by atoms with Crippen LogP contribution < -0.4 is 0 Å². The third kappa shape index (κ3) is 30.0. The van der Waals surface area contributed by atoms with Crippen molar-refractivity contribution in [1.29, 1.82) is 0 Å². The molecule has 18 aromatic rings. The van der Waals surface area contributed by atoms with Gasteiger partial charge >= 0.3 is 11.9 Å². The molecule has 0 spiro atoms. The number of hydrogen-bond donors (Lipinski definition) is 2. The predicted octanol–water partition coefficient (Wildman–Crippen LogP) is 19.8. The molecule has 2 N–H and O–H groups in total. The van der Waals surface area contributed by atoms with Crippen LogP contribution in [-0.2, 0) is 163 Å².